The Hall–Kier alpha value is -1.02. The molecule has 0 amide bonds. The van der Waals surface area contributed by atoms with Gasteiger partial charge in [-0.25, -0.2) is 0 Å². The van der Waals surface area contributed by atoms with E-state index in [9.17, 15) is 0 Å². The molecule has 2 N–H and O–H groups in total. The molecule has 1 atom stereocenters. The summed E-state index contributed by atoms with van der Waals surface area (Å²) in [6.45, 7) is 5.74. The van der Waals surface area contributed by atoms with E-state index in [1.807, 2.05) is 0 Å². The van der Waals surface area contributed by atoms with Crippen LogP contribution in [0, 0.1) is 5.41 Å². The summed E-state index contributed by atoms with van der Waals surface area (Å²) in [4.78, 5) is 0. The summed E-state index contributed by atoms with van der Waals surface area (Å²) in [5, 5.41) is 7.21. The highest BCUT2D eigenvalue weighted by atomic mass is 15.0. The van der Waals surface area contributed by atoms with E-state index in [4.69, 9.17) is 0 Å². The number of benzene rings is 1. The van der Waals surface area contributed by atoms with Crippen LogP contribution in [0.5, 0.6) is 0 Å². The van der Waals surface area contributed by atoms with Crippen molar-refractivity contribution in [1.82, 2.24) is 5.32 Å². The molecular weight excluding hydrogens is 220 g/mol. The van der Waals surface area contributed by atoms with Gasteiger partial charge in [0.15, 0.2) is 0 Å². The standard InChI is InChI=1S/C16H24N2/c1-2-7-16(8-9-16)12-17-10-13-11-18-15-6-4-3-5-14(13)15/h3-6,13,17-18H,2,7-12H2,1H3. The third-order valence-electron chi connectivity index (χ3n) is 4.57. The minimum Gasteiger partial charge on any atom is -0.384 e. The molecule has 18 heavy (non-hydrogen) atoms. The third-order valence-corrected chi connectivity index (χ3v) is 4.57. The lowest BCUT2D eigenvalue weighted by molar-refractivity contribution is 0.415. The fraction of sp³-hybridized carbons (Fsp3) is 0.625. The molecule has 0 aromatic heterocycles. The lowest BCUT2D eigenvalue weighted by Crippen LogP contribution is -2.29. The van der Waals surface area contributed by atoms with E-state index in [0.717, 1.165) is 13.1 Å². The van der Waals surface area contributed by atoms with E-state index in [-0.39, 0.29) is 0 Å². The molecule has 0 radical (unpaired) electrons. The summed E-state index contributed by atoms with van der Waals surface area (Å²) in [6.07, 6.45) is 5.61. The Labute approximate surface area is 110 Å². The number of hydrogen-bond acceptors (Lipinski definition) is 2. The molecule has 1 heterocycles. The van der Waals surface area contributed by atoms with Gasteiger partial charge in [0, 0.05) is 31.2 Å². The van der Waals surface area contributed by atoms with Gasteiger partial charge in [0.2, 0.25) is 0 Å². The highest BCUT2D eigenvalue weighted by Crippen LogP contribution is 2.49. The highest BCUT2D eigenvalue weighted by Gasteiger charge is 2.40. The van der Waals surface area contributed by atoms with E-state index in [2.05, 4.69) is 41.8 Å². The molecule has 2 nitrogen and oxygen atoms in total. The zero-order chi connectivity index (χ0) is 12.4. The van der Waals surface area contributed by atoms with E-state index < -0.39 is 0 Å². The average molecular weight is 244 g/mol. The van der Waals surface area contributed by atoms with Crippen molar-refractivity contribution < 1.29 is 0 Å². The Balaban J connectivity index is 1.50. The van der Waals surface area contributed by atoms with Crippen LogP contribution in [0.15, 0.2) is 24.3 Å². The van der Waals surface area contributed by atoms with Gasteiger partial charge < -0.3 is 10.6 Å². The van der Waals surface area contributed by atoms with Crippen LogP contribution >= 0.6 is 0 Å². The smallest absolute Gasteiger partial charge is 0.0376 e. The van der Waals surface area contributed by atoms with Crippen LogP contribution in [-0.4, -0.2) is 19.6 Å². The second kappa shape index (κ2) is 4.93. The summed E-state index contributed by atoms with van der Waals surface area (Å²) in [5.41, 5.74) is 3.49. The lowest BCUT2D eigenvalue weighted by atomic mass is 9.99. The van der Waals surface area contributed by atoms with E-state index >= 15 is 0 Å². The van der Waals surface area contributed by atoms with Crippen molar-refractivity contribution in [2.75, 3.05) is 25.0 Å². The third kappa shape index (κ3) is 2.39. The van der Waals surface area contributed by atoms with Crippen molar-refractivity contribution in [3.8, 4) is 0 Å². The number of nitrogens with one attached hydrogen (secondary N) is 2. The minimum absolute atomic E-state index is 0.652. The first-order valence-electron chi connectivity index (χ1n) is 7.36. The van der Waals surface area contributed by atoms with Crippen LogP contribution in [-0.2, 0) is 0 Å². The molecule has 1 aromatic carbocycles. The Morgan fingerprint density at radius 2 is 2.17 bits per heavy atom. The number of fused-ring (bicyclic) bond motifs is 1. The number of anilines is 1. The maximum Gasteiger partial charge on any atom is 0.0376 e. The van der Waals surface area contributed by atoms with E-state index in [1.165, 1.54) is 43.5 Å². The van der Waals surface area contributed by atoms with Crippen molar-refractivity contribution in [1.29, 1.82) is 0 Å². The Morgan fingerprint density at radius 3 is 2.94 bits per heavy atom. The number of hydrogen-bond donors (Lipinski definition) is 2. The normalized spacial score (nSPS) is 23.5. The fourth-order valence-corrected chi connectivity index (χ4v) is 3.27. The summed E-state index contributed by atoms with van der Waals surface area (Å²) >= 11 is 0. The molecule has 1 unspecified atom stereocenters. The minimum atomic E-state index is 0.652. The molecule has 1 saturated carbocycles. The van der Waals surface area contributed by atoms with Crippen molar-refractivity contribution >= 4 is 5.69 Å². The molecule has 0 spiro atoms. The lowest BCUT2D eigenvalue weighted by Gasteiger charge is -2.17. The van der Waals surface area contributed by atoms with Crippen LogP contribution in [0.25, 0.3) is 0 Å². The van der Waals surface area contributed by atoms with Crippen LogP contribution in [0.3, 0.4) is 0 Å². The zero-order valence-electron chi connectivity index (χ0n) is 11.3. The van der Waals surface area contributed by atoms with Gasteiger partial charge >= 0.3 is 0 Å². The Bertz CT molecular complexity index is 409. The summed E-state index contributed by atoms with van der Waals surface area (Å²) in [7, 11) is 0. The fourth-order valence-electron chi connectivity index (χ4n) is 3.27. The molecule has 1 aliphatic heterocycles. The van der Waals surface area contributed by atoms with Gasteiger partial charge in [-0.3, -0.25) is 0 Å². The predicted octanol–water partition coefficient (Wildman–Crippen LogP) is 3.37. The zero-order valence-corrected chi connectivity index (χ0v) is 11.3. The Morgan fingerprint density at radius 1 is 1.33 bits per heavy atom. The molecule has 3 rings (SSSR count). The first-order valence-corrected chi connectivity index (χ1v) is 7.36. The Kier molecular flexibility index (Phi) is 3.29. The van der Waals surface area contributed by atoms with Crippen molar-refractivity contribution in [3.05, 3.63) is 29.8 Å². The number of rotatable bonds is 6. The van der Waals surface area contributed by atoms with Crippen LogP contribution < -0.4 is 10.6 Å². The van der Waals surface area contributed by atoms with E-state index in [1.54, 1.807) is 0 Å². The van der Waals surface area contributed by atoms with Gasteiger partial charge in [-0.2, -0.15) is 0 Å². The van der Waals surface area contributed by atoms with Crippen molar-refractivity contribution in [2.24, 2.45) is 5.41 Å². The summed E-state index contributed by atoms with van der Waals surface area (Å²) in [6, 6.07) is 8.72. The molecule has 0 saturated heterocycles. The maximum absolute atomic E-state index is 3.72. The molecule has 1 aromatic rings. The van der Waals surface area contributed by atoms with Crippen molar-refractivity contribution in [2.45, 2.75) is 38.5 Å². The van der Waals surface area contributed by atoms with Gasteiger partial charge in [-0.15, -0.1) is 0 Å². The van der Waals surface area contributed by atoms with Crippen LogP contribution in [0.4, 0.5) is 5.69 Å². The predicted molar refractivity (Wildman–Crippen MR) is 77.1 cm³/mol. The second-order valence-electron chi connectivity index (χ2n) is 6.05. The summed E-state index contributed by atoms with van der Waals surface area (Å²) < 4.78 is 0. The monoisotopic (exact) mass is 244 g/mol. The topological polar surface area (TPSA) is 24.1 Å². The largest absolute Gasteiger partial charge is 0.384 e. The first kappa shape index (κ1) is 12.0. The van der Waals surface area contributed by atoms with Gasteiger partial charge in [-0.05, 0) is 36.3 Å². The second-order valence-corrected chi connectivity index (χ2v) is 6.05. The average Bonchev–Trinajstić information content (AvgIpc) is 3.02. The molecule has 2 heteroatoms. The van der Waals surface area contributed by atoms with Gasteiger partial charge in [0.05, 0.1) is 0 Å². The molecule has 98 valence electrons. The molecule has 1 fully saturated rings. The summed E-state index contributed by atoms with van der Waals surface area (Å²) in [5.74, 6) is 0.652. The van der Waals surface area contributed by atoms with Crippen molar-refractivity contribution in [3.63, 3.8) is 0 Å². The van der Waals surface area contributed by atoms with Gasteiger partial charge in [0.1, 0.15) is 0 Å². The van der Waals surface area contributed by atoms with Gasteiger partial charge in [0.25, 0.3) is 0 Å². The SMILES string of the molecule is CCCC1(CNCC2CNc3ccccc32)CC1. The number of para-hydroxylation sites is 1. The van der Waals surface area contributed by atoms with E-state index in [0.29, 0.717) is 11.3 Å². The van der Waals surface area contributed by atoms with Crippen LogP contribution in [0.2, 0.25) is 0 Å². The van der Waals surface area contributed by atoms with Gasteiger partial charge in [-0.1, -0.05) is 31.5 Å². The maximum atomic E-state index is 3.72. The quantitative estimate of drug-likeness (QED) is 0.801. The highest BCUT2D eigenvalue weighted by molar-refractivity contribution is 5.57. The van der Waals surface area contributed by atoms with Crippen LogP contribution in [0.1, 0.15) is 44.1 Å². The first-order chi connectivity index (χ1) is 8.83. The molecular formula is C16H24N2. The molecule has 2 aliphatic rings. The molecule has 0 bridgehead atoms. The molecule has 1 aliphatic carbocycles.